The monoisotopic (exact) mass is 302 g/mol. The fourth-order valence-corrected chi connectivity index (χ4v) is 3.59. The average Bonchev–Trinajstić information content (AvgIpc) is 2.95. The molecule has 1 amide bonds. The van der Waals surface area contributed by atoms with Gasteiger partial charge in [0.25, 0.3) is 0 Å². The number of carbonyl (C=O) groups is 1. The van der Waals surface area contributed by atoms with Crippen LogP contribution in [0.15, 0.2) is 24.3 Å². The van der Waals surface area contributed by atoms with Gasteiger partial charge in [-0.3, -0.25) is 9.69 Å². The molecule has 0 bridgehead atoms. The van der Waals surface area contributed by atoms with Crippen molar-refractivity contribution in [1.82, 2.24) is 9.80 Å². The highest BCUT2D eigenvalue weighted by atomic mass is 16.5. The molecule has 2 heterocycles. The van der Waals surface area contributed by atoms with Crippen LogP contribution in [0.3, 0.4) is 0 Å². The number of morpholine rings is 1. The lowest BCUT2D eigenvalue weighted by Crippen LogP contribution is -2.53. The highest BCUT2D eigenvalue weighted by Gasteiger charge is 2.36. The number of ether oxygens (including phenoxy) is 1. The summed E-state index contributed by atoms with van der Waals surface area (Å²) in [5, 5.41) is 0. The topological polar surface area (TPSA) is 32.8 Å². The zero-order valence-corrected chi connectivity index (χ0v) is 13.6. The van der Waals surface area contributed by atoms with Gasteiger partial charge < -0.3 is 9.64 Å². The van der Waals surface area contributed by atoms with Crippen LogP contribution >= 0.6 is 0 Å². The molecule has 1 aromatic carbocycles. The van der Waals surface area contributed by atoms with Gasteiger partial charge in [-0.15, -0.1) is 0 Å². The summed E-state index contributed by atoms with van der Waals surface area (Å²) >= 11 is 0. The van der Waals surface area contributed by atoms with Crippen molar-refractivity contribution in [2.75, 3.05) is 26.3 Å². The summed E-state index contributed by atoms with van der Waals surface area (Å²) in [5.41, 5.74) is 2.58. The molecule has 2 fully saturated rings. The molecule has 4 heteroatoms. The molecule has 0 spiro atoms. The molecule has 3 rings (SSSR count). The Morgan fingerprint density at radius 2 is 2.23 bits per heavy atom. The molecule has 1 aromatic rings. The Kier molecular flexibility index (Phi) is 4.79. The molecular weight excluding hydrogens is 276 g/mol. The first-order valence-corrected chi connectivity index (χ1v) is 8.33. The maximum absolute atomic E-state index is 12.9. The summed E-state index contributed by atoms with van der Waals surface area (Å²) in [6, 6.07) is 8.83. The molecule has 2 saturated heterocycles. The number of hydrogen-bond acceptors (Lipinski definition) is 3. The number of nitrogens with zero attached hydrogens (tertiary/aromatic N) is 2. The van der Waals surface area contributed by atoms with Crippen LogP contribution in [-0.4, -0.2) is 54.1 Å². The molecule has 2 atom stereocenters. The predicted molar refractivity (Wildman–Crippen MR) is 86.6 cm³/mol. The Bertz CT molecular complexity index is 532. The van der Waals surface area contributed by atoms with Crippen LogP contribution in [0.1, 0.15) is 30.9 Å². The van der Waals surface area contributed by atoms with Crippen molar-refractivity contribution in [3.63, 3.8) is 0 Å². The first-order chi connectivity index (χ1) is 10.6. The number of benzene rings is 1. The molecular formula is C18H26N2O2. The van der Waals surface area contributed by atoms with Crippen LogP contribution in [0.2, 0.25) is 0 Å². The van der Waals surface area contributed by atoms with Gasteiger partial charge in [0.1, 0.15) is 0 Å². The first kappa shape index (κ1) is 15.5. The largest absolute Gasteiger partial charge is 0.377 e. The van der Waals surface area contributed by atoms with Crippen LogP contribution in [0, 0.1) is 6.92 Å². The van der Waals surface area contributed by atoms with Gasteiger partial charge in [0.05, 0.1) is 25.3 Å². The molecule has 4 nitrogen and oxygen atoms in total. The molecule has 0 aromatic heterocycles. The van der Waals surface area contributed by atoms with Crippen LogP contribution in [0.5, 0.6) is 0 Å². The molecule has 0 radical (unpaired) electrons. The van der Waals surface area contributed by atoms with Crippen molar-refractivity contribution in [1.29, 1.82) is 0 Å². The zero-order valence-electron chi connectivity index (χ0n) is 13.6. The van der Waals surface area contributed by atoms with Crippen LogP contribution in [0.25, 0.3) is 0 Å². The van der Waals surface area contributed by atoms with Crippen molar-refractivity contribution >= 4 is 5.91 Å². The fraction of sp³-hybridized carbons (Fsp3) is 0.611. The Morgan fingerprint density at radius 3 is 3.00 bits per heavy atom. The second-order valence-electron chi connectivity index (χ2n) is 6.57. The minimum atomic E-state index is 0.0427. The number of hydrogen-bond donors (Lipinski definition) is 0. The average molecular weight is 302 g/mol. The van der Waals surface area contributed by atoms with E-state index in [0.29, 0.717) is 19.1 Å². The smallest absolute Gasteiger partial charge is 0.240 e. The number of carbonyl (C=O) groups excluding carboxylic acids is 1. The van der Waals surface area contributed by atoms with Gasteiger partial charge in [-0.25, -0.2) is 0 Å². The van der Waals surface area contributed by atoms with E-state index in [0.717, 1.165) is 32.5 Å². The van der Waals surface area contributed by atoms with Gasteiger partial charge in [0.2, 0.25) is 5.91 Å². The van der Waals surface area contributed by atoms with E-state index in [1.165, 1.54) is 11.1 Å². The fourth-order valence-electron chi connectivity index (χ4n) is 3.59. The molecule has 2 aliphatic rings. The van der Waals surface area contributed by atoms with E-state index in [1.807, 2.05) is 4.90 Å². The van der Waals surface area contributed by atoms with Gasteiger partial charge >= 0.3 is 0 Å². The number of amides is 1. The van der Waals surface area contributed by atoms with E-state index in [2.05, 4.69) is 43.0 Å². The maximum Gasteiger partial charge on any atom is 0.240 e. The molecule has 0 N–H and O–H groups in total. The molecule has 0 aliphatic carbocycles. The van der Waals surface area contributed by atoms with Crippen molar-refractivity contribution in [3.8, 4) is 0 Å². The lowest BCUT2D eigenvalue weighted by molar-refractivity contribution is -0.144. The highest BCUT2D eigenvalue weighted by molar-refractivity contribution is 5.82. The SMILES string of the molecule is Cc1cccc(CN2CCCC2C(=O)N2CCOCC2C)c1. The summed E-state index contributed by atoms with van der Waals surface area (Å²) in [6.07, 6.45) is 2.09. The third kappa shape index (κ3) is 3.33. The zero-order chi connectivity index (χ0) is 15.5. The van der Waals surface area contributed by atoms with Crippen LogP contribution in [-0.2, 0) is 16.1 Å². The van der Waals surface area contributed by atoms with Crippen molar-refractivity contribution in [3.05, 3.63) is 35.4 Å². The predicted octanol–water partition coefficient (Wildman–Crippen LogP) is 2.21. The van der Waals surface area contributed by atoms with Gasteiger partial charge in [-0.1, -0.05) is 29.8 Å². The normalized spacial score (nSPS) is 26.4. The molecule has 2 aliphatic heterocycles. The standard InChI is InChI=1S/C18H26N2O2/c1-14-5-3-6-16(11-14)12-19-8-4-7-17(19)18(21)20-9-10-22-13-15(20)2/h3,5-6,11,15,17H,4,7-10,12-13H2,1-2H3. The van der Waals surface area contributed by atoms with E-state index in [4.69, 9.17) is 4.74 Å². The Balaban J connectivity index is 1.68. The van der Waals surface area contributed by atoms with E-state index < -0.39 is 0 Å². The summed E-state index contributed by atoms with van der Waals surface area (Å²) < 4.78 is 5.45. The second-order valence-corrected chi connectivity index (χ2v) is 6.57. The Hall–Kier alpha value is -1.39. The summed E-state index contributed by atoms with van der Waals surface area (Å²) in [6.45, 7) is 8.15. The maximum atomic E-state index is 12.9. The Labute approximate surface area is 133 Å². The van der Waals surface area contributed by atoms with E-state index in [-0.39, 0.29) is 12.1 Å². The molecule has 2 unspecified atom stereocenters. The van der Waals surface area contributed by atoms with Crippen LogP contribution in [0.4, 0.5) is 0 Å². The van der Waals surface area contributed by atoms with Gasteiger partial charge in [0, 0.05) is 13.1 Å². The molecule has 0 saturated carbocycles. The lowest BCUT2D eigenvalue weighted by atomic mass is 10.1. The molecule has 22 heavy (non-hydrogen) atoms. The van der Waals surface area contributed by atoms with E-state index >= 15 is 0 Å². The minimum Gasteiger partial charge on any atom is -0.377 e. The molecule has 120 valence electrons. The number of rotatable bonds is 3. The second kappa shape index (κ2) is 6.80. The van der Waals surface area contributed by atoms with Crippen molar-refractivity contribution in [2.24, 2.45) is 0 Å². The Morgan fingerprint density at radius 1 is 1.36 bits per heavy atom. The van der Waals surface area contributed by atoms with Gasteiger partial charge in [-0.05, 0) is 38.8 Å². The van der Waals surface area contributed by atoms with Crippen molar-refractivity contribution < 1.29 is 9.53 Å². The van der Waals surface area contributed by atoms with Gasteiger partial charge in [-0.2, -0.15) is 0 Å². The summed E-state index contributed by atoms with van der Waals surface area (Å²) in [7, 11) is 0. The first-order valence-electron chi connectivity index (χ1n) is 8.33. The van der Waals surface area contributed by atoms with E-state index in [1.54, 1.807) is 0 Å². The quantitative estimate of drug-likeness (QED) is 0.858. The number of aryl methyl sites for hydroxylation is 1. The lowest BCUT2D eigenvalue weighted by Gasteiger charge is -2.37. The third-order valence-corrected chi connectivity index (χ3v) is 4.77. The van der Waals surface area contributed by atoms with Gasteiger partial charge in [0.15, 0.2) is 0 Å². The third-order valence-electron chi connectivity index (χ3n) is 4.77. The van der Waals surface area contributed by atoms with Crippen molar-refractivity contribution in [2.45, 2.75) is 45.3 Å². The summed E-state index contributed by atoms with van der Waals surface area (Å²) in [5.74, 6) is 0.293. The summed E-state index contributed by atoms with van der Waals surface area (Å²) in [4.78, 5) is 17.3. The number of likely N-dealkylation sites (tertiary alicyclic amines) is 1. The van der Waals surface area contributed by atoms with E-state index in [9.17, 15) is 4.79 Å². The highest BCUT2D eigenvalue weighted by Crippen LogP contribution is 2.23. The minimum absolute atomic E-state index is 0.0427. The van der Waals surface area contributed by atoms with Crippen LogP contribution < -0.4 is 0 Å².